The number of halogens is 6. The topological polar surface area (TPSA) is 119 Å². The first-order chi connectivity index (χ1) is 18.2. The van der Waals surface area contributed by atoms with E-state index in [0.29, 0.717) is 12.0 Å². The van der Waals surface area contributed by atoms with Crippen molar-refractivity contribution in [2.24, 2.45) is 9.98 Å². The van der Waals surface area contributed by atoms with Gasteiger partial charge in [0.25, 0.3) is 11.5 Å². The third-order valence-corrected chi connectivity index (χ3v) is 5.76. The number of hydrogen-bond donors (Lipinski definition) is 2. The number of alkyl halides is 6. The Bertz CT molecular complexity index is 1300. The first-order valence-electron chi connectivity index (χ1n) is 11.5. The Balaban J connectivity index is 1.60. The van der Waals surface area contributed by atoms with E-state index in [9.17, 15) is 35.9 Å². The number of carbonyl (C=O) groups is 1. The highest BCUT2D eigenvalue weighted by Gasteiger charge is 2.37. The van der Waals surface area contributed by atoms with Crippen molar-refractivity contribution in [3.8, 4) is 0 Å². The molecule has 0 spiro atoms. The minimum Gasteiger partial charge on any atom is -0.468 e. The maximum Gasteiger partial charge on any atom is 0.423 e. The van der Waals surface area contributed by atoms with Gasteiger partial charge in [-0.3, -0.25) is 9.59 Å². The molecule has 0 aromatic carbocycles. The largest absolute Gasteiger partial charge is 0.468 e. The van der Waals surface area contributed by atoms with Gasteiger partial charge in [0.15, 0.2) is 0 Å². The SMILES string of the molecule is C=N/C(=N\C=C(/C)C(F)(F)F)N1CCN(C(=O)c2coc(CC(C)Nc3cn[nH]c(=O)c3C(F)(F)F)c2)CC1. The molecule has 2 N–H and O–H groups in total. The first kappa shape index (κ1) is 29.4. The monoisotopic (exact) mass is 561 g/mol. The van der Waals surface area contributed by atoms with Crippen molar-refractivity contribution in [1.29, 1.82) is 0 Å². The fourth-order valence-electron chi connectivity index (χ4n) is 3.75. The summed E-state index contributed by atoms with van der Waals surface area (Å²) in [6, 6.07) is 0.850. The number of piperazine rings is 1. The molecule has 1 aliphatic heterocycles. The average Bonchev–Trinajstić information content (AvgIpc) is 3.31. The van der Waals surface area contributed by atoms with Crippen molar-refractivity contribution in [2.75, 3.05) is 31.5 Å². The van der Waals surface area contributed by atoms with Crippen molar-refractivity contribution in [2.45, 2.75) is 38.7 Å². The lowest BCUT2D eigenvalue weighted by atomic mass is 10.1. The molecule has 1 amide bonds. The van der Waals surface area contributed by atoms with Gasteiger partial charge in [0, 0.05) is 50.4 Å². The van der Waals surface area contributed by atoms with Gasteiger partial charge in [-0.15, -0.1) is 0 Å². The molecule has 2 aromatic heterocycles. The van der Waals surface area contributed by atoms with Gasteiger partial charge in [0.1, 0.15) is 17.6 Å². The molecule has 0 aliphatic carbocycles. The minimum atomic E-state index is -4.89. The standard InChI is InChI=1S/C23H25F6N7O3/c1-13(22(24,25)26)10-31-21(30-3)36-6-4-35(5-7-36)20(38)15-9-16(39-12-15)8-14(2)33-17-11-32-34-19(37)18(17)23(27,28)29/h9-12,14H,3-8H2,1-2H3,(H2,33,34,37)/b13-10+,31-21+. The van der Waals surface area contributed by atoms with Gasteiger partial charge >= 0.3 is 12.4 Å². The number of hydrogen-bond acceptors (Lipinski definition) is 6. The number of guanidine groups is 1. The van der Waals surface area contributed by atoms with Gasteiger partial charge in [0.2, 0.25) is 5.96 Å². The minimum absolute atomic E-state index is 0.00192. The molecule has 10 nitrogen and oxygen atoms in total. The number of aromatic amines is 1. The van der Waals surface area contributed by atoms with Gasteiger partial charge < -0.3 is 19.5 Å². The Kier molecular flexibility index (Phi) is 8.86. The Morgan fingerprint density at radius 2 is 1.87 bits per heavy atom. The summed E-state index contributed by atoms with van der Waals surface area (Å²) in [6.07, 6.45) is -6.54. The van der Waals surface area contributed by atoms with E-state index in [-0.39, 0.29) is 50.0 Å². The summed E-state index contributed by atoms with van der Waals surface area (Å²) >= 11 is 0. The Morgan fingerprint density at radius 3 is 2.46 bits per heavy atom. The summed E-state index contributed by atoms with van der Waals surface area (Å²) in [5.74, 6) is -0.0382. The highest BCUT2D eigenvalue weighted by molar-refractivity contribution is 5.94. The molecule has 2 aromatic rings. The zero-order chi connectivity index (χ0) is 29.0. The molecule has 39 heavy (non-hydrogen) atoms. The zero-order valence-corrected chi connectivity index (χ0v) is 20.9. The van der Waals surface area contributed by atoms with Crippen LogP contribution in [0.2, 0.25) is 0 Å². The molecule has 0 saturated carbocycles. The van der Waals surface area contributed by atoms with E-state index in [1.807, 2.05) is 0 Å². The van der Waals surface area contributed by atoms with Crippen LogP contribution in [0.25, 0.3) is 0 Å². The van der Waals surface area contributed by atoms with Crippen molar-refractivity contribution in [3.05, 3.63) is 57.5 Å². The number of allylic oxidation sites excluding steroid dienone is 1. The Labute approximate surface area is 218 Å². The van der Waals surface area contributed by atoms with Crippen molar-refractivity contribution < 1.29 is 35.6 Å². The number of furan rings is 1. The number of nitrogens with zero attached hydrogens (tertiary/aromatic N) is 5. The van der Waals surface area contributed by atoms with Gasteiger partial charge in [-0.05, 0) is 26.6 Å². The first-order valence-corrected chi connectivity index (χ1v) is 11.5. The Hall–Kier alpha value is -4.11. The number of nitrogens with one attached hydrogen (secondary N) is 2. The van der Waals surface area contributed by atoms with Crippen LogP contribution in [0.3, 0.4) is 0 Å². The van der Waals surface area contributed by atoms with Crippen molar-refractivity contribution >= 4 is 24.3 Å². The number of aliphatic imine (C=N–C) groups is 2. The molecule has 3 heterocycles. The quantitative estimate of drug-likeness (QED) is 0.316. The lowest BCUT2D eigenvalue weighted by molar-refractivity contribution is -0.138. The third kappa shape index (κ3) is 7.48. The van der Waals surface area contributed by atoms with Gasteiger partial charge in [-0.2, -0.15) is 31.4 Å². The van der Waals surface area contributed by atoms with Crippen LogP contribution in [-0.4, -0.2) is 77.0 Å². The molecule has 1 unspecified atom stereocenters. The summed E-state index contributed by atoms with van der Waals surface area (Å²) in [7, 11) is 0. The van der Waals surface area contributed by atoms with Crippen LogP contribution in [0, 0.1) is 0 Å². The second kappa shape index (κ2) is 11.7. The van der Waals surface area contributed by atoms with Gasteiger partial charge in [0.05, 0.1) is 17.4 Å². The number of rotatable bonds is 6. The second-order valence-corrected chi connectivity index (χ2v) is 8.71. The van der Waals surface area contributed by atoms with Crippen LogP contribution in [0.5, 0.6) is 0 Å². The van der Waals surface area contributed by atoms with E-state index in [1.165, 1.54) is 17.2 Å². The number of aromatic nitrogens is 2. The lowest BCUT2D eigenvalue weighted by Gasteiger charge is -2.34. The molecule has 3 rings (SSSR count). The van der Waals surface area contributed by atoms with Crippen LogP contribution < -0.4 is 10.9 Å². The maximum atomic E-state index is 13.2. The number of carbonyl (C=O) groups excluding carboxylic acids is 1. The van der Waals surface area contributed by atoms with Crippen LogP contribution in [0.15, 0.2) is 49.5 Å². The second-order valence-electron chi connectivity index (χ2n) is 8.71. The van der Waals surface area contributed by atoms with E-state index in [0.717, 1.165) is 13.1 Å². The molecule has 1 atom stereocenters. The summed E-state index contributed by atoms with van der Waals surface area (Å²) in [5, 5.41) is 7.76. The van der Waals surface area contributed by atoms with Crippen molar-refractivity contribution in [3.63, 3.8) is 0 Å². The lowest BCUT2D eigenvalue weighted by Crippen LogP contribution is -2.50. The molecular formula is C23H25F6N7O3. The normalized spacial score (nSPS) is 16.3. The summed E-state index contributed by atoms with van der Waals surface area (Å²) in [6.45, 7) is 6.75. The Morgan fingerprint density at radius 1 is 1.23 bits per heavy atom. The summed E-state index contributed by atoms with van der Waals surface area (Å²) in [5.41, 5.74) is -3.93. The molecule has 1 aliphatic rings. The summed E-state index contributed by atoms with van der Waals surface area (Å²) < 4.78 is 83.2. The van der Waals surface area contributed by atoms with Crippen LogP contribution in [0.4, 0.5) is 32.0 Å². The predicted octanol–water partition coefficient (Wildman–Crippen LogP) is 3.71. The zero-order valence-electron chi connectivity index (χ0n) is 20.9. The number of anilines is 1. The van der Waals surface area contributed by atoms with E-state index >= 15 is 0 Å². The third-order valence-electron chi connectivity index (χ3n) is 5.76. The fourth-order valence-corrected chi connectivity index (χ4v) is 3.75. The van der Waals surface area contributed by atoms with E-state index in [2.05, 4.69) is 27.1 Å². The highest BCUT2D eigenvalue weighted by Crippen LogP contribution is 2.32. The fraction of sp³-hybridized carbons (Fsp3) is 0.435. The van der Waals surface area contributed by atoms with E-state index in [4.69, 9.17) is 4.42 Å². The molecule has 16 heteroatoms. The van der Waals surface area contributed by atoms with E-state index < -0.39 is 40.8 Å². The maximum absolute atomic E-state index is 13.2. The van der Waals surface area contributed by atoms with Gasteiger partial charge in [-0.25, -0.2) is 15.1 Å². The number of amides is 1. The number of H-pyrrole nitrogens is 1. The van der Waals surface area contributed by atoms with Crippen LogP contribution >= 0.6 is 0 Å². The molecule has 0 radical (unpaired) electrons. The molecule has 0 bridgehead atoms. The van der Waals surface area contributed by atoms with E-state index in [1.54, 1.807) is 16.9 Å². The van der Waals surface area contributed by atoms with Gasteiger partial charge in [-0.1, -0.05) is 0 Å². The predicted molar refractivity (Wildman–Crippen MR) is 130 cm³/mol. The highest BCUT2D eigenvalue weighted by atomic mass is 19.4. The molecule has 1 fully saturated rings. The van der Waals surface area contributed by atoms with Crippen molar-refractivity contribution in [1.82, 2.24) is 20.0 Å². The molecule has 212 valence electrons. The van der Waals surface area contributed by atoms with Crippen LogP contribution in [-0.2, 0) is 12.6 Å². The molecular weight excluding hydrogens is 536 g/mol. The van der Waals surface area contributed by atoms with Crippen LogP contribution in [0.1, 0.15) is 35.5 Å². The average molecular weight is 561 g/mol. The smallest absolute Gasteiger partial charge is 0.423 e. The molecule has 1 saturated heterocycles. The summed E-state index contributed by atoms with van der Waals surface area (Å²) in [4.78, 5) is 35.1.